The average Bonchev–Trinajstić information content (AvgIpc) is 2.36. The predicted molar refractivity (Wildman–Crippen MR) is 64.5 cm³/mol. The van der Waals surface area contributed by atoms with Gasteiger partial charge in [0.15, 0.2) is 6.61 Å². The first-order valence-corrected chi connectivity index (χ1v) is 5.62. The standard InChI is InChI=1S/C13H16O5/c1-17-13(16)9-18-11-6-2-4-10(8-11)5-3-7-12(14)15/h2,4,6,8H,3,5,7,9H2,1H3,(H,14,15). The number of rotatable bonds is 7. The molecule has 0 aromatic heterocycles. The Balaban J connectivity index is 2.46. The van der Waals surface area contributed by atoms with Gasteiger partial charge in [0.25, 0.3) is 0 Å². The van der Waals surface area contributed by atoms with Crippen LogP contribution in [-0.4, -0.2) is 30.8 Å². The molecule has 0 bridgehead atoms. The number of aryl methyl sites for hydroxylation is 1. The Labute approximate surface area is 105 Å². The minimum Gasteiger partial charge on any atom is -0.482 e. The lowest BCUT2D eigenvalue weighted by atomic mass is 10.1. The summed E-state index contributed by atoms with van der Waals surface area (Å²) in [6, 6.07) is 7.24. The molecule has 18 heavy (non-hydrogen) atoms. The highest BCUT2D eigenvalue weighted by atomic mass is 16.6. The Morgan fingerprint density at radius 2 is 2.11 bits per heavy atom. The monoisotopic (exact) mass is 252 g/mol. The van der Waals surface area contributed by atoms with Gasteiger partial charge in [-0.2, -0.15) is 0 Å². The van der Waals surface area contributed by atoms with Gasteiger partial charge in [0.2, 0.25) is 0 Å². The van der Waals surface area contributed by atoms with Gasteiger partial charge < -0.3 is 14.6 Å². The molecule has 0 aliphatic heterocycles. The van der Waals surface area contributed by atoms with Crippen LogP contribution in [0, 0.1) is 0 Å². The lowest BCUT2D eigenvalue weighted by Gasteiger charge is -2.06. The first-order valence-electron chi connectivity index (χ1n) is 5.62. The minimum atomic E-state index is -0.798. The summed E-state index contributed by atoms with van der Waals surface area (Å²) in [5.41, 5.74) is 0.985. The second-order valence-corrected chi connectivity index (χ2v) is 3.76. The molecule has 1 N–H and O–H groups in total. The van der Waals surface area contributed by atoms with E-state index < -0.39 is 11.9 Å². The van der Waals surface area contributed by atoms with Crippen LogP contribution in [0.1, 0.15) is 18.4 Å². The first kappa shape index (κ1) is 14.0. The molecule has 0 heterocycles. The third kappa shape index (κ3) is 5.34. The molecule has 1 rings (SSSR count). The van der Waals surface area contributed by atoms with Gasteiger partial charge in [-0.25, -0.2) is 4.79 Å². The maximum atomic E-state index is 10.9. The lowest BCUT2D eigenvalue weighted by Crippen LogP contribution is -2.12. The maximum Gasteiger partial charge on any atom is 0.343 e. The van der Waals surface area contributed by atoms with Gasteiger partial charge >= 0.3 is 11.9 Å². The molecule has 5 nitrogen and oxygen atoms in total. The van der Waals surface area contributed by atoms with Crippen LogP contribution in [0.15, 0.2) is 24.3 Å². The molecule has 0 radical (unpaired) electrons. The predicted octanol–water partition coefficient (Wildman–Crippen LogP) is 1.65. The summed E-state index contributed by atoms with van der Waals surface area (Å²) in [5.74, 6) is -0.660. The van der Waals surface area contributed by atoms with Crippen LogP contribution >= 0.6 is 0 Å². The smallest absolute Gasteiger partial charge is 0.343 e. The van der Waals surface area contributed by atoms with Crippen molar-refractivity contribution in [1.82, 2.24) is 0 Å². The summed E-state index contributed by atoms with van der Waals surface area (Å²) in [4.78, 5) is 21.3. The van der Waals surface area contributed by atoms with E-state index in [1.54, 1.807) is 12.1 Å². The van der Waals surface area contributed by atoms with Crippen LogP contribution in [0.3, 0.4) is 0 Å². The molecule has 0 fully saturated rings. The molecule has 0 amide bonds. The molecular formula is C13H16O5. The van der Waals surface area contributed by atoms with Gasteiger partial charge in [0.05, 0.1) is 7.11 Å². The van der Waals surface area contributed by atoms with Gasteiger partial charge in [0.1, 0.15) is 5.75 Å². The Bertz CT molecular complexity index is 414. The number of hydrogen-bond donors (Lipinski definition) is 1. The molecule has 0 aliphatic carbocycles. The van der Waals surface area contributed by atoms with Crippen molar-refractivity contribution in [2.45, 2.75) is 19.3 Å². The van der Waals surface area contributed by atoms with E-state index >= 15 is 0 Å². The van der Waals surface area contributed by atoms with E-state index in [9.17, 15) is 9.59 Å². The zero-order valence-electron chi connectivity index (χ0n) is 10.2. The van der Waals surface area contributed by atoms with Crippen LogP contribution in [0.5, 0.6) is 5.75 Å². The molecule has 0 aliphatic rings. The molecule has 0 saturated carbocycles. The number of aliphatic carboxylic acids is 1. The highest BCUT2D eigenvalue weighted by Gasteiger charge is 2.03. The Kier molecular flexibility index (Phi) is 5.70. The van der Waals surface area contributed by atoms with Crippen LogP contribution < -0.4 is 4.74 Å². The van der Waals surface area contributed by atoms with E-state index in [2.05, 4.69) is 4.74 Å². The Morgan fingerprint density at radius 1 is 1.33 bits per heavy atom. The van der Waals surface area contributed by atoms with E-state index in [1.165, 1.54) is 7.11 Å². The zero-order valence-corrected chi connectivity index (χ0v) is 10.2. The number of carbonyl (C=O) groups excluding carboxylic acids is 1. The Hall–Kier alpha value is -2.04. The van der Waals surface area contributed by atoms with E-state index in [1.807, 2.05) is 12.1 Å². The highest BCUT2D eigenvalue weighted by molar-refractivity contribution is 5.70. The highest BCUT2D eigenvalue weighted by Crippen LogP contribution is 2.15. The average molecular weight is 252 g/mol. The van der Waals surface area contributed by atoms with E-state index in [0.717, 1.165) is 5.56 Å². The number of carboxylic acids is 1. The number of methoxy groups -OCH3 is 1. The Morgan fingerprint density at radius 3 is 2.78 bits per heavy atom. The molecule has 0 atom stereocenters. The van der Waals surface area contributed by atoms with E-state index in [4.69, 9.17) is 9.84 Å². The fourth-order valence-corrected chi connectivity index (χ4v) is 1.44. The fourth-order valence-electron chi connectivity index (χ4n) is 1.44. The molecule has 5 heteroatoms. The summed E-state index contributed by atoms with van der Waals surface area (Å²) in [5, 5.41) is 8.54. The number of hydrogen-bond acceptors (Lipinski definition) is 4. The van der Waals surface area contributed by atoms with Crippen molar-refractivity contribution in [1.29, 1.82) is 0 Å². The summed E-state index contributed by atoms with van der Waals surface area (Å²) in [6.07, 6.45) is 1.39. The van der Waals surface area contributed by atoms with Gasteiger partial charge in [0, 0.05) is 6.42 Å². The summed E-state index contributed by atoms with van der Waals surface area (Å²) < 4.78 is 9.70. The number of ether oxygens (including phenoxy) is 2. The van der Waals surface area contributed by atoms with Crippen molar-refractivity contribution in [2.24, 2.45) is 0 Å². The van der Waals surface area contributed by atoms with Gasteiger partial charge in [-0.05, 0) is 30.5 Å². The fraction of sp³-hybridized carbons (Fsp3) is 0.385. The van der Waals surface area contributed by atoms with E-state index in [0.29, 0.717) is 18.6 Å². The van der Waals surface area contributed by atoms with Crippen molar-refractivity contribution >= 4 is 11.9 Å². The summed E-state index contributed by atoms with van der Waals surface area (Å²) >= 11 is 0. The summed E-state index contributed by atoms with van der Waals surface area (Å²) in [7, 11) is 1.30. The maximum absolute atomic E-state index is 10.9. The van der Waals surface area contributed by atoms with Crippen LogP contribution in [0.4, 0.5) is 0 Å². The SMILES string of the molecule is COC(=O)COc1cccc(CCCC(=O)O)c1. The second-order valence-electron chi connectivity index (χ2n) is 3.76. The van der Waals surface area contributed by atoms with Crippen LogP contribution in [-0.2, 0) is 20.7 Å². The number of carbonyl (C=O) groups is 2. The molecule has 0 saturated heterocycles. The van der Waals surface area contributed by atoms with Crippen molar-refractivity contribution in [2.75, 3.05) is 13.7 Å². The zero-order chi connectivity index (χ0) is 13.4. The molecule has 1 aromatic carbocycles. The molecule has 1 aromatic rings. The molecular weight excluding hydrogens is 236 g/mol. The van der Waals surface area contributed by atoms with Crippen molar-refractivity contribution in [3.05, 3.63) is 29.8 Å². The van der Waals surface area contributed by atoms with Crippen molar-refractivity contribution in [3.63, 3.8) is 0 Å². The van der Waals surface area contributed by atoms with Gasteiger partial charge in [-0.3, -0.25) is 4.79 Å². The third-order valence-corrected chi connectivity index (χ3v) is 2.34. The van der Waals surface area contributed by atoms with Crippen molar-refractivity contribution < 1.29 is 24.2 Å². The molecule has 0 unspecified atom stereocenters. The minimum absolute atomic E-state index is 0.130. The molecule has 98 valence electrons. The largest absolute Gasteiger partial charge is 0.482 e. The third-order valence-electron chi connectivity index (χ3n) is 2.34. The summed E-state index contributed by atoms with van der Waals surface area (Å²) in [6.45, 7) is -0.130. The van der Waals surface area contributed by atoms with Crippen molar-refractivity contribution in [3.8, 4) is 5.75 Å². The second kappa shape index (κ2) is 7.32. The molecule has 0 spiro atoms. The van der Waals surface area contributed by atoms with Gasteiger partial charge in [-0.15, -0.1) is 0 Å². The van der Waals surface area contributed by atoms with Crippen LogP contribution in [0.25, 0.3) is 0 Å². The lowest BCUT2D eigenvalue weighted by molar-refractivity contribution is -0.143. The number of carboxylic acid groups (broad SMARTS) is 1. The normalized spacial score (nSPS) is 9.83. The van der Waals surface area contributed by atoms with Gasteiger partial charge in [-0.1, -0.05) is 12.1 Å². The number of benzene rings is 1. The number of esters is 1. The van der Waals surface area contributed by atoms with Crippen LogP contribution in [0.2, 0.25) is 0 Å². The first-order chi connectivity index (χ1) is 8.61. The van der Waals surface area contributed by atoms with E-state index in [-0.39, 0.29) is 13.0 Å². The quantitative estimate of drug-likeness (QED) is 0.747. The topological polar surface area (TPSA) is 72.8 Å².